The Balaban J connectivity index is 2.11. The molecular formula is C14H18ClFO. The lowest BCUT2D eigenvalue weighted by atomic mass is 9.89. The zero-order valence-electron chi connectivity index (χ0n) is 9.83. The van der Waals surface area contributed by atoms with Gasteiger partial charge in [0.15, 0.2) is 0 Å². The molecule has 1 fully saturated rings. The van der Waals surface area contributed by atoms with E-state index in [1.165, 1.54) is 25.0 Å². The molecule has 0 spiro atoms. The zero-order valence-corrected chi connectivity index (χ0v) is 10.6. The summed E-state index contributed by atoms with van der Waals surface area (Å²) < 4.78 is 13.3. The molecule has 0 amide bonds. The first kappa shape index (κ1) is 12.8. The first-order chi connectivity index (χ1) is 8.18. The second-order valence-electron chi connectivity index (χ2n) is 4.87. The van der Waals surface area contributed by atoms with E-state index in [2.05, 4.69) is 0 Å². The van der Waals surface area contributed by atoms with Gasteiger partial charge in [-0.2, -0.15) is 0 Å². The summed E-state index contributed by atoms with van der Waals surface area (Å²) in [6.07, 6.45) is 6.34. The number of aliphatic hydroxyl groups excluding tert-OH is 1. The van der Waals surface area contributed by atoms with E-state index in [0.29, 0.717) is 5.56 Å². The average Bonchev–Trinajstić information content (AvgIpc) is 2.60. The van der Waals surface area contributed by atoms with Crippen molar-refractivity contribution in [2.24, 2.45) is 5.92 Å². The predicted molar refractivity (Wildman–Crippen MR) is 67.6 cm³/mol. The number of hydrogen-bond acceptors (Lipinski definition) is 1. The van der Waals surface area contributed by atoms with Gasteiger partial charge in [0.25, 0.3) is 0 Å². The first-order valence-corrected chi connectivity index (χ1v) is 6.69. The molecule has 0 unspecified atom stereocenters. The second-order valence-corrected chi connectivity index (χ2v) is 5.28. The fourth-order valence-electron chi connectivity index (χ4n) is 2.60. The van der Waals surface area contributed by atoms with Gasteiger partial charge in [-0.1, -0.05) is 43.4 Å². The van der Waals surface area contributed by atoms with Gasteiger partial charge in [-0.25, -0.2) is 4.39 Å². The molecule has 1 atom stereocenters. The monoisotopic (exact) mass is 256 g/mol. The fraction of sp³-hybridized carbons (Fsp3) is 0.571. The van der Waals surface area contributed by atoms with Crippen LogP contribution >= 0.6 is 11.6 Å². The third-order valence-electron chi connectivity index (χ3n) is 3.63. The maximum absolute atomic E-state index is 13.3. The average molecular weight is 257 g/mol. The quantitative estimate of drug-likeness (QED) is 0.774. The van der Waals surface area contributed by atoms with Crippen molar-refractivity contribution >= 4 is 11.6 Å². The van der Waals surface area contributed by atoms with Gasteiger partial charge in [-0.05, 0) is 36.5 Å². The summed E-state index contributed by atoms with van der Waals surface area (Å²) >= 11 is 5.64. The van der Waals surface area contributed by atoms with Crippen molar-refractivity contribution in [1.82, 2.24) is 0 Å². The lowest BCUT2D eigenvalue weighted by molar-refractivity contribution is 0.0985. The van der Waals surface area contributed by atoms with Crippen LogP contribution in [-0.4, -0.2) is 5.11 Å². The van der Waals surface area contributed by atoms with Gasteiger partial charge in [0.2, 0.25) is 0 Å². The summed E-state index contributed by atoms with van der Waals surface area (Å²) in [5, 5.41) is 10.4. The Morgan fingerprint density at radius 1 is 1.18 bits per heavy atom. The van der Waals surface area contributed by atoms with Gasteiger partial charge in [0.05, 0.1) is 11.1 Å². The molecule has 0 heterocycles. The van der Waals surface area contributed by atoms with Crippen LogP contribution in [0.4, 0.5) is 4.39 Å². The fourth-order valence-corrected chi connectivity index (χ4v) is 2.71. The third kappa shape index (κ3) is 3.20. The number of benzene rings is 1. The van der Waals surface area contributed by atoms with Crippen molar-refractivity contribution in [2.45, 2.75) is 44.6 Å². The van der Waals surface area contributed by atoms with Gasteiger partial charge in [-0.15, -0.1) is 0 Å². The highest BCUT2D eigenvalue weighted by Gasteiger charge is 2.22. The Labute approximate surface area is 107 Å². The van der Waals surface area contributed by atoms with Crippen molar-refractivity contribution in [3.05, 3.63) is 34.6 Å². The normalized spacial score (nSPS) is 19.9. The molecule has 94 valence electrons. The van der Waals surface area contributed by atoms with E-state index in [-0.39, 0.29) is 10.9 Å². The molecule has 0 saturated heterocycles. The topological polar surface area (TPSA) is 20.2 Å². The minimum absolute atomic E-state index is 0.113. The van der Waals surface area contributed by atoms with E-state index >= 15 is 0 Å². The van der Waals surface area contributed by atoms with Crippen molar-refractivity contribution in [3.8, 4) is 0 Å². The molecule has 2 rings (SSSR count). The lowest BCUT2D eigenvalue weighted by Crippen LogP contribution is -2.12. The van der Waals surface area contributed by atoms with Gasteiger partial charge >= 0.3 is 0 Å². The highest BCUT2D eigenvalue weighted by Crippen LogP contribution is 2.34. The number of halogens is 2. The summed E-state index contributed by atoms with van der Waals surface area (Å²) in [4.78, 5) is 0. The minimum atomic E-state index is -0.556. The van der Waals surface area contributed by atoms with Gasteiger partial charge in [-0.3, -0.25) is 0 Å². The van der Waals surface area contributed by atoms with Gasteiger partial charge in [0, 0.05) is 0 Å². The molecule has 1 aliphatic carbocycles. The molecule has 0 radical (unpaired) electrons. The molecule has 3 heteroatoms. The summed E-state index contributed by atoms with van der Waals surface area (Å²) in [7, 11) is 0. The van der Waals surface area contributed by atoms with Crippen molar-refractivity contribution in [3.63, 3.8) is 0 Å². The summed E-state index contributed by atoms with van der Waals surface area (Å²) in [5.74, 6) is -0.185. The Kier molecular flexibility index (Phi) is 4.41. The standard InChI is InChI=1S/C14H18ClFO/c15-12-8-7-11(9-13(12)16)14(17)10-5-3-1-2-4-6-10/h7-10,14,17H,1-6H2/t14-/m0/s1. The van der Waals surface area contributed by atoms with Crippen LogP contribution in [0.15, 0.2) is 18.2 Å². The molecule has 1 N–H and O–H groups in total. The molecule has 1 aromatic carbocycles. The van der Waals surface area contributed by atoms with Crippen molar-refractivity contribution in [1.29, 1.82) is 0 Å². The van der Waals surface area contributed by atoms with Crippen LogP contribution in [0.5, 0.6) is 0 Å². The smallest absolute Gasteiger partial charge is 0.142 e. The second kappa shape index (κ2) is 5.83. The summed E-state index contributed by atoms with van der Waals surface area (Å²) in [6, 6.07) is 4.60. The summed E-state index contributed by atoms with van der Waals surface area (Å²) in [6.45, 7) is 0. The van der Waals surface area contributed by atoms with Crippen LogP contribution in [-0.2, 0) is 0 Å². The Hall–Kier alpha value is -0.600. The molecule has 1 saturated carbocycles. The van der Waals surface area contributed by atoms with E-state index in [1.54, 1.807) is 6.07 Å². The molecule has 0 aromatic heterocycles. The van der Waals surface area contributed by atoms with Crippen LogP contribution in [0.1, 0.15) is 50.2 Å². The minimum Gasteiger partial charge on any atom is -0.388 e. The molecule has 0 aliphatic heterocycles. The molecule has 0 bridgehead atoms. The van der Waals surface area contributed by atoms with E-state index in [1.807, 2.05) is 0 Å². The van der Waals surface area contributed by atoms with E-state index in [4.69, 9.17) is 11.6 Å². The lowest BCUT2D eigenvalue weighted by Gasteiger charge is -2.21. The van der Waals surface area contributed by atoms with Gasteiger partial charge < -0.3 is 5.11 Å². The Morgan fingerprint density at radius 2 is 1.82 bits per heavy atom. The highest BCUT2D eigenvalue weighted by molar-refractivity contribution is 6.30. The predicted octanol–water partition coefficient (Wildman–Crippen LogP) is 4.48. The first-order valence-electron chi connectivity index (χ1n) is 6.31. The van der Waals surface area contributed by atoms with Crippen LogP contribution in [0, 0.1) is 11.7 Å². The van der Waals surface area contributed by atoms with E-state index < -0.39 is 11.9 Å². The van der Waals surface area contributed by atoms with Crippen LogP contribution in [0.2, 0.25) is 5.02 Å². The van der Waals surface area contributed by atoms with Crippen molar-refractivity contribution in [2.75, 3.05) is 0 Å². The van der Waals surface area contributed by atoms with Crippen LogP contribution in [0.25, 0.3) is 0 Å². The molecule has 1 aliphatic rings. The summed E-state index contributed by atoms with van der Waals surface area (Å²) in [5.41, 5.74) is 0.652. The maximum atomic E-state index is 13.3. The number of hydrogen-bond donors (Lipinski definition) is 1. The van der Waals surface area contributed by atoms with E-state index in [9.17, 15) is 9.50 Å². The molecule has 1 nitrogen and oxygen atoms in total. The van der Waals surface area contributed by atoms with Gasteiger partial charge in [0.1, 0.15) is 5.82 Å². The van der Waals surface area contributed by atoms with Crippen molar-refractivity contribution < 1.29 is 9.50 Å². The highest BCUT2D eigenvalue weighted by atomic mass is 35.5. The third-order valence-corrected chi connectivity index (χ3v) is 3.94. The maximum Gasteiger partial charge on any atom is 0.142 e. The molecule has 17 heavy (non-hydrogen) atoms. The van der Waals surface area contributed by atoms with Crippen LogP contribution in [0.3, 0.4) is 0 Å². The Bertz CT molecular complexity index is 372. The SMILES string of the molecule is O[C@H](c1ccc(Cl)c(F)c1)C1CCCCCC1. The number of aliphatic hydroxyl groups is 1. The number of rotatable bonds is 2. The molecular weight excluding hydrogens is 239 g/mol. The molecule has 1 aromatic rings. The zero-order chi connectivity index (χ0) is 12.3. The largest absolute Gasteiger partial charge is 0.388 e. The van der Waals surface area contributed by atoms with E-state index in [0.717, 1.165) is 25.7 Å². The van der Waals surface area contributed by atoms with Crippen LogP contribution < -0.4 is 0 Å². The Morgan fingerprint density at radius 3 is 2.41 bits per heavy atom.